The molecule has 1 N–H and O–H groups in total. The fourth-order valence-corrected chi connectivity index (χ4v) is 4.85. The van der Waals surface area contributed by atoms with Crippen LogP contribution in [0.5, 0.6) is 11.5 Å². The molecule has 0 amide bonds. The second-order valence-electron chi connectivity index (χ2n) is 7.13. The minimum atomic E-state index is 0.0666. The van der Waals surface area contributed by atoms with Crippen LogP contribution in [0.15, 0.2) is 53.5 Å². The number of ether oxygens (including phenoxy) is 1. The molecule has 30 heavy (non-hydrogen) atoms. The van der Waals surface area contributed by atoms with Gasteiger partial charge in [0, 0.05) is 36.3 Å². The number of aliphatic imine (C=N–C) groups is 1. The van der Waals surface area contributed by atoms with Gasteiger partial charge in [0.05, 0.1) is 12.2 Å². The standard InChI is InChI=1S/C24H23N3O2S/c1-2-29-21-10-6-9-18(23(21)28)14-26-24-20(13-25)19-11-12-27(16-22(19)30-24)15-17-7-4-3-5-8-17/h3-10,14,28H,2,11-12,15-16H2,1H3/b26-14+. The van der Waals surface area contributed by atoms with Gasteiger partial charge < -0.3 is 9.84 Å². The average molecular weight is 418 g/mol. The Kier molecular flexibility index (Phi) is 6.12. The lowest BCUT2D eigenvalue weighted by Crippen LogP contribution is -2.29. The minimum Gasteiger partial charge on any atom is -0.504 e. The molecule has 0 bridgehead atoms. The van der Waals surface area contributed by atoms with E-state index >= 15 is 0 Å². The number of aromatic hydroxyl groups is 1. The Morgan fingerprint density at radius 2 is 2.07 bits per heavy atom. The summed E-state index contributed by atoms with van der Waals surface area (Å²) in [6.07, 6.45) is 2.46. The van der Waals surface area contributed by atoms with Crippen molar-refractivity contribution in [3.8, 4) is 17.6 Å². The van der Waals surface area contributed by atoms with E-state index in [0.29, 0.717) is 28.5 Å². The summed E-state index contributed by atoms with van der Waals surface area (Å²) in [7, 11) is 0. The van der Waals surface area contributed by atoms with Crippen LogP contribution in [0.3, 0.4) is 0 Å². The molecule has 152 valence electrons. The minimum absolute atomic E-state index is 0.0666. The monoisotopic (exact) mass is 417 g/mol. The van der Waals surface area contributed by atoms with Crippen molar-refractivity contribution in [2.24, 2.45) is 4.99 Å². The van der Waals surface area contributed by atoms with Crippen LogP contribution < -0.4 is 4.74 Å². The molecule has 0 spiro atoms. The van der Waals surface area contributed by atoms with Gasteiger partial charge in [0.2, 0.25) is 0 Å². The Labute approximate surface area is 180 Å². The van der Waals surface area contributed by atoms with Crippen molar-refractivity contribution in [3.63, 3.8) is 0 Å². The van der Waals surface area contributed by atoms with Crippen LogP contribution in [0, 0.1) is 11.3 Å². The summed E-state index contributed by atoms with van der Waals surface area (Å²) < 4.78 is 5.43. The normalized spacial score (nSPS) is 13.9. The summed E-state index contributed by atoms with van der Waals surface area (Å²) in [5.74, 6) is 0.501. The summed E-state index contributed by atoms with van der Waals surface area (Å²) in [6.45, 7) is 5.00. The van der Waals surface area contributed by atoms with E-state index in [9.17, 15) is 10.4 Å². The van der Waals surface area contributed by atoms with E-state index in [0.717, 1.165) is 31.6 Å². The fraction of sp³-hybridized carbons (Fsp3) is 0.250. The molecule has 3 aromatic rings. The third-order valence-corrected chi connectivity index (χ3v) is 6.25. The maximum Gasteiger partial charge on any atom is 0.166 e. The molecule has 6 heteroatoms. The van der Waals surface area contributed by atoms with Gasteiger partial charge in [-0.2, -0.15) is 5.26 Å². The van der Waals surface area contributed by atoms with Crippen LogP contribution >= 0.6 is 11.3 Å². The molecule has 0 atom stereocenters. The molecule has 0 radical (unpaired) electrons. The number of phenols is 1. The zero-order valence-electron chi connectivity index (χ0n) is 16.8. The fourth-order valence-electron chi connectivity index (χ4n) is 3.67. The Balaban J connectivity index is 1.56. The van der Waals surface area contributed by atoms with Crippen LogP contribution in [-0.2, 0) is 19.5 Å². The number of phenolic OH excluding ortho intramolecular Hbond substituents is 1. The van der Waals surface area contributed by atoms with E-state index in [1.807, 2.05) is 19.1 Å². The van der Waals surface area contributed by atoms with Crippen LogP contribution in [0.1, 0.15) is 34.1 Å². The van der Waals surface area contributed by atoms with Crippen LogP contribution in [0.25, 0.3) is 0 Å². The van der Waals surface area contributed by atoms with E-state index in [2.05, 4.69) is 40.2 Å². The molecule has 1 aromatic heterocycles. The van der Waals surface area contributed by atoms with Crippen molar-refractivity contribution < 1.29 is 9.84 Å². The molecule has 0 saturated heterocycles. The van der Waals surface area contributed by atoms with Gasteiger partial charge in [0.1, 0.15) is 11.1 Å². The van der Waals surface area contributed by atoms with Gasteiger partial charge >= 0.3 is 0 Å². The number of benzene rings is 2. The molecule has 5 nitrogen and oxygen atoms in total. The first kappa shape index (κ1) is 20.1. The maximum absolute atomic E-state index is 10.4. The summed E-state index contributed by atoms with van der Waals surface area (Å²) in [5.41, 5.74) is 3.64. The SMILES string of the molecule is CCOc1cccc(/C=N/c2sc3c(c2C#N)CCN(Cc2ccccc2)C3)c1O. The number of nitrogens with zero attached hydrogens (tertiary/aromatic N) is 3. The molecule has 1 aliphatic rings. The maximum atomic E-state index is 10.4. The number of nitriles is 1. The summed E-state index contributed by atoms with van der Waals surface area (Å²) in [5, 5.41) is 20.8. The summed E-state index contributed by atoms with van der Waals surface area (Å²) >= 11 is 1.57. The second kappa shape index (κ2) is 9.12. The van der Waals surface area contributed by atoms with Crippen molar-refractivity contribution in [3.05, 3.63) is 75.7 Å². The van der Waals surface area contributed by atoms with Gasteiger partial charge in [-0.25, -0.2) is 4.99 Å². The van der Waals surface area contributed by atoms with Gasteiger partial charge in [-0.3, -0.25) is 4.90 Å². The molecule has 0 unspecified atom stereocenters. The zero-order valence-corrected chi connectivity index (χ0v) is 17.7. The lowest BCUT2D eigenvalue weighted by Gasteiger charge is -2.26. The first-order valence-electron chi connectivity index (χ1n) is 9.99. The highest BCUT2D eigenvalue weighted by atomic mass is 32.1. The highest BCUT2D eigenvalue weighted by Gasteiger charge is 2.24. The molecule has 0 saturated carbocycles. The smallest absolute Gasteiger partial charge is 0.166 e. The first-order valence-corrected chi connectivity index (χ1v) is 10.8. The molecule has 2 aromatic carbocycles. The second-order valence-corrected chi connectivity index (χ2v) is 8.21. The Morgan fingerprint density at radius 1 is 1.23 bits per heavy atom. The molecular weight excluding hydrogens is 394 g/mol. The number of para-hydroxylation sites is 1. The number of hydrogen-bond donors (Lipinski definition) is 1. The highest BCUT2D eigenvalue weighted by Crippen LogP contribution is 2.39. The van der Waals surface area contributed by atoms with E-state index in [4.69, 9.17) is 4.74 Å². The average Bonchev–Trinajstić information content (AvgIpc) is 3.12. The van der Waals surface area contributed by atoms with E-state index in [1.165, 1.54) is 10.4 Å². The van der Waals surface area contributed by atoms with Crippen LogP contribution in [-0.4, -0.2) is 29.4 Å². The Bertz CT molecular complexity index is 1100. The van der Waals surface area contributed by atoms with E-state index in [-0.39, 0.29) is 5.75 Å². The lowest BCUT2D eigenvalue weighted by molar-refractivity contribution is 0.249. The predicted molar refractivity (Wildman–Crippen MR) is 120 cm³/mol. The number of thiophene rings is 1. The number of rotatable bonds is 6. The molecule has 4 rings (SSSR count). The summed E-state index contributed by atoms with van der Waals surface area (Å²) in [6, 6.07) is 18.1. The van der Waals surface area contributed by atoms with Crippen molar-refractivity contribution in [2.45, 2.75) is 26.4 Å². The zero-order chi connectivity index (χ0) is 20.9. The third-order valence-electron chi connectivity index (χ3n) is 5.13. The predicted octanol–water partition coefficient (Wildman–Crippen LogP) is 5.03. The largest absolute Gasteiger partial charge is 0.504 e. The van der Waals surface area contributed by atoms with Gasteiger partial charge in [-0.15, -0.1) is 11.3 Å². The topological polar surface area (TPSA) is 68.8 Å². The van der Waals surface area contributed by atoms with E-state index < -0.39 is 0 Å². The quantitative estimate of drug-likeness (QED) is 0.571. The number of hydrogen-bond acceptors (Lipinski definition) is 6. The van der Waals surface area contributed by atoms with Crippen LogP contribution in [0.2, 0.25) is 0 Å². The first-order chi connectivity index (χ1) is 14.7. The summed E-state index contributed by atoms with van der Waals surface area (Å²) in [4.78, 5) is 8.17. The van der Waals surface area contributed by atoms with Gasteiger partial charge in [-0.05, 0) is 36.6 Å². The molecular formula is C24H23N3O2S. The highest BCUT2D eigenvalue weighted by molar-refractivity contribution is 7.16. The van der Waals surface area contributed by atoms with E-state index in [1.54, 1.807) is 29.7 Å². The van der Waals surface area contributed by atoms with Crippen molar-refractivity contribution in [1.29, 1.82) is 5.26 Å². The Hall–Kier alpha value is -3.14. The van der Waals surface area contributed by atoms with Crippen molar-refractivity contribution in [2.75, 3.05) is 13.2 Å². The van der Waals surface area contributed by atoms with Gasteiger partial charge in [0.15, 0.2) is 11.5 Å². The van der Waals surface area contributed by atoms with Gasteiger partial charge in [-0.1, -0.05) is 36.4 Å². The molecule has 1 aliphatic heterocycles. The number of fused-ring (bicyclic) bond motifs is 1. The van der Waals surface area contributed by atoms with Crippen molar-refractivity contribution in [1.82, 2.24) is 4.90 Å². The molecule has 0 aliphatic carbocycles. The third kappa shape index (κ3) is 4.23. The van der Waals surface area contributed by atoms with Gasteiger partial charge in [0.25, 0.3) is 0 Å². The molecule has 0 fully saturated rings. The Morgan fingerprint density at radius 3 is 2.83 bits per heavy atom. The lowest BCUT2D eigenvalue weighted by atomic mass is 10.0. The van der Waals surface area contributed by atoms with Crippen LogP contribution in [0.4, 0.5) is 5.00 Å². The van der Waals surface area contributed by atoms with Crippen molar-refractivity contribution >= 4 is 22.6 Å². The molecule has 2 heterocycles.